The van der Waals surface area contributed by atoms with Crippen LogP contribution < -0.4 is 10.6 Å². The molecule has 37 heavy (non-hydrogen) atoms. The summed E-state index contributed by atoms with van der Waals surface area (Å²) in [5.74, 6) is -0.204. The molecule has 1 fully saturated rings. The van der Waals surface area contributed by atoms with Gasteiger partial charge in [-0.2, -0.15) is 11.3 Å². The van der Waals surface area contributed by atoms with E-state index in [0.717, 1.165) is 37.9 Å². The molecule has 0 spiro atoms. The molecule has 3 heterocycles. The van der Waals surface area contributed by atoms with E-state index in [1.165, 1.54) is 0 Å². The predicted molar refractivity (Wildman–Crippen MR) is 148 cm³/mol. The third-order valence-electron chi connectivity index (χ3n) is 6.65. The minimum absolute atomic E-state index is 0.0345. The number of methoxy groups -OCH3 is 1. The van der Waals surface area contributed by atoms with Gasteiger partial charge in [0, 0.05) is 25.7 Å². The van der Waals surface area contributed by atoms with Crippen LogP contribution in [0.4, 0.5) is 0 Å². The molecule has 1 aliphatic rings. The summed E-state index contributed by atoms with van der Waals surface area (Å²) < 4.78 is 10.5. The first-order valence-corrected chi connectivity index (χ1v) is 14.2. The summed E-state index contributed by atoms with van der Waals surface area (Å²) in [7, 11) is 1.61. The first-order valence-electron chi connectivity index (χ1n) is 12.5. The second-order valence-corrected chi connectivity index (χ2v) is 10.8. The number of ether oxygens (including phenoxy) is 2. The maximum atomic E-state index is 12.9. The Morgan fingerprint density at radius 3 is 2.68 bits per heavy atom. The third-order valence-corrected chi connectivity index (χ3v) is 7.81. The van der Waals surface area contributed by atoms with Gasteiger partial charge in [0.1, 0.15) is 16.9 Å². The maximum Gasteiger partial charge on any atom is 0.254 e. The molecule has 11 heteroatoms. The summed E-state index contributed by atoms with van der Waals surface area (Å²) in [5.41, 5.74) is 2.05. The number of pyridine rings is 1. The van der Waals surface area contributed by atoms with Crippen LogP contribution in [-0.2, 0) is 14.3 Å². The van der Waals surface area contributed by atoms with Gasteiger partial charge in [-0.25, -0.2) is 4.98 Å². The van der Waals surface area contributed by atoms with E-state index in [2.05, 4.69) is 27.4 Å². The Balaban J connectivity index is 1.44. The lowest BCUT2D eigenvalue weighted by atomic mass is 9.98. The Labute approximate surface area is 233 Å². The van der Waals surface area contributed by atoms with Gasteiger partial charge >= 0.3 is 0 Å². The van der Waals surface area contributed by atoms with Crippen molar-refractivity contribution in [2.24, 2.45) is 0 Å². The van der Waals surface area contributed by atoms with Crippen LogP contribution >= 0.6 is 34.5 Å². The number of halogens is 2. The van der Waals surface area contributed by atoms with Crippen LogP contribution in [0.1, 0.15) is 53.7 Å². The first kappa shape index (κ1) is 30.0. The van der Waals surface area contributed by atoms with Gasteiger partial charge in [-0.05, 0) is 80.2 Å². The van der Waals surface area contributed by atoms with E-state index >= 15 is 0 Å². The Morgan fingerprint density at radius 2 is 2.03 bits per heavy atom. The number of carbonyl (C=O) groups is 2. The number of hydrogen-bond donors (Lipinski definition) is 2. The molecule has 0 aromatic carbocycles. The van der Waals surface area contributed by atoms with Crippen LogP contribution in [0.2, 0.25) is 10.3 Å². The Hall–Kier alpha value is -1.59. The van der Waals surface area contributed by atoms with Crippen molar-refractivity contribution in [1.82, 2.24) is 20.5 Å². The van der Waals surface area contributed by atoms with E-state index in [1.807, 2.05) is 16.8 Å². The highest BCUT2D eigenvalue weighted by Crippen LogP contribution is 2.23. The maximum absolute atomic E-state index is 12.9. The lowest BCUT2D eigenvalue weighted by Gasteiger charge is -2.37. The number of aromatic nitrogens is 1. The number of nitrogens with zero attached hydrogens (tertiary/aromatic N) is 2. The molecule has 2 aromatic heterocycles. The van der Waals surface area contributed by atoms with Gasteiger partial charge in [-0.15, -0.1) is 0 Å². The number of piperidine rings is 1. The van der Waals surface area contributed by atoms with E-state index in [4.69, 9.17) is 32.7 Å². The van der Waals surface area contributed by atoms with Gasteiger partial charge in [0.05, 0.1) is 24.8 Å². The number of thiophene rings is 1. The molecule has 0 radical (unpaired) electrons. The number of rotatable bonds is 14. The zero-order valence-electron chi connectivity index (χ0n) is 21.6. The van der Waals surface area contributed by atoms with Crippen molar-refractivity contribution in [1.29, 1.82) is 0 Å². The minimum atomic E-state index is -0.365. The van der Waals surface area contributed by atoms with Gasteiger partial charge in [0.25, 0.3) is 5.91 Å². The van der Waals surface area contributed by atoms with Gasteiger partial charge in [0.15, 0.2) is 5.78 Å². The van der Waals surface area contributed by atoms with Crippen LogP contribution in [0, 0.1) is 6.92 Å². The molecule has 0 saturated carbocycles. The molecule has 2 N–H and O–H groups in total. The van der Waals surface area contributed by atoms with Crippen molar-refractivity contribution in [2.45, 2.75) is 51.2 Å². The number of ketones is 1. The van der Waals surface area contributed by atoms with Crippen molar-refractivity contribution >= 4 is 46.2 Å². The summed E-state index contributed by atoms with van der Waals surface area (Å²) >= 11 is 13.6. The van der Waals surface area contributed by atoms with Crippen molar-refractivity contribution in [3.05, 3.63) is 49.9 Å². The normalized spacial score (nSPS) is 16.5. The highest BCUT2D eigenvalue weighted by Gasteiger charge is 2.28. The topological polar surface area (TPSA) is 92.8 Å². The van der Waals surface area contributed by atoms with Crippen LogP contribution in [0.3, 0.4) is 0 Å². The quantitative estimate of drug-likeness (QED) is 0.258. The van der Waals surface area contributed by atoms with Crippen molar-refractivity contribution < 1.29 is 19.1 Å². The largest absolute Gasteiger partial charge is 0.382 e. The lowest BCUT2D eigenvalue weighted by Crippen LogP contribution is -2.48. The molecule has 1 aliphatic heterocycles. The molecule has 2 atom stereocenters. The molecule has 1 unspecified atom stereocenters. The summed E-state index contributed by atoms with van der Waals surface area (Å²) in [6.07, 6.45) is 2.71. The molecule has 1 amide bonds. The molecule has 3 rings (SSSR count). The van der Waals surface area contributed by atoms with Gasteiger partial charge < -0.3 is 25.0 Å². The molecule has 0 aliphatic carbocycles. The van der Waals surface area contributed by atoms with Gasteiger partial charge in [-0.3, -0.25) is 9.59 Å². The third kappa shape index (κ3) is 8.99. The molecule has 1 saturated heterocycles. The number of likely N-dealkylation sites (tertiary alicyclic amines) is 1. The molecule has 0 bridgehead atoms. The second-order valence-electron chi connectivity index (χ2n) is 9.30. The van der Waals surface area contributed by atoms with Crippen molar-refractivity contribution in [3.63, 3.8) is 0 Å². The molecule has 8 nitrogen and oxygen atoms in total. The zero-order chi connectivity index (χ0) is 26.8. The summed E-state index contributed by atoms with van der Waals surface area (Å²) in [6, 6.07) is 3.82. The zero-order valence-corrected chi connectivity index (χ0v) is 23.9. The average molecular weight is 572 g/mol. The Bertz CT molecular complexity index is 993. The standard InChI is InChI=1S/C26H36Cl2N4O4S/c1-17-14-22(27)31-25(28)23(17)26(34)29-8-4-18(2)32-9-5-20(6-10-32)30-24(19-7-13-37-16-19)21(33)15-36-12-11-35-3/h7,13-14,16,18,20,24,30H,4-6,8-12,15H2,1-3H3,(H,29,34)/t18-,24?/m1/s1. The van der Waals surface area contributed by atoms with E-state index in [-0.39, 0.29) is 40.7 Å². The summed E-state index contributed by atoms with van der Waals surface area (Å²) in [6.45, 7) is 7.29. The molecular formula is C26H36Cl2N4O4S. The first-order chi connectivity index (χ1) is 17.8. The highest BCUT2D eigenvalue weighted by atomic mass is 35.5. The fourth-order valence-electron chi connectivity index (χ4n) is 4.49. The molecule has 2 aromatic rings. The van der Waals surface area contributed by atoms with Gasteiger partial charge in [-0.1, -0.05) is 23.2 Å². The Morgan fingerprint density at radius 1 is 1.27 bits per heavy atom. The van der Waals surface area contributed by atoms with Crippen LogP contribution in [0.15, 0.2) is 22.9 Å². The fraction of sp³-hybridized carbons (Fsp3) is 0.577. The average Bonchev–Trinajstić information content (AvgIpc) is 3.39. The minimum Gasteiger partial charge on any atom is -0.382 e. The smallest absolute Gasteiger partial charge is 0.254 e. The highest BCUT2D eigenvalue weighted by molar-refractivity contribution is 7.08. The van der Waals surface area contributed by atoms with E-state index in [0.29, 0.717) is 36.9 Å². The fourth-order valence-corrected chi connectivity index (χ4v) is 5.79. The number of Topliss-reactive ketones (excluding diaryl/α,β-unsaturated/α-hetero) is 1. The van der Waals surface area contributed by atoms with E-state index in [9.17, 15) is 9.59 Å². The Kier molecular flexibility index (Phi) is 12.2. The lowest BCUT2D eigenvalue weighted by molar-refractivity contribution is -0.126. The van der Waals surface area contributed by atoms with Crippen LogP contribution in [-0.4, -0.2) is 80.2 Å². The van der Waals surface area contributed by atoms with E-state index in [1.54, 1.807) is 31.4 Å². The number of aryl methyl sites for hydroxylation is 1. The summed E-state index contributed by atoms with van der Waals surface area (Å²) in [5, 5.41) is 10.9. The van der Waals surface area contributed by atoms with Crippen LogP contribution in [0.5, 0.6) is 0 Å². The number of amides is 1. The predicted octanol–water partition coefficient (Wildman–Crippen LogP) is 4.29. The summed E-state index contributed by atoms with van der Waals surface area (Å²) in [4.78, 5) is 31.9. The number of hydrogen-bond acceptors (Lipinski definition) is 8. The van der Waals surface area contributed by atoms with Crippen molar-refractivity contribution in [2.75, 3.05) is 46.6 Å². The van der Waals surface area contributed by atoms with Crippen LogP contribution in [0.25, 0.3) is 0 Å². The van der Waals surface area contributed by atoms with E-state index < -0.39 is 0 Å². The van der Waals surface area contributed by atoms with Crippen molar-refractivity contribution in [3.8, 4) is 0 Å². The van der Waals surface area contributed by atoms with Gasteiger partial charge in [0.2, 0.25) is 0 Å². The number of carbonyl (C=O) groups excluding carboxylic acids is 2. The molecule has 204 valence electrons. The number of nitrogens with one attached hydrogen (secondary N) is 2. The molecular weight excluding hydrogens is 535 g/mol. The second kappa shape index (κ2) is 15.1. The monoisotopic (exact) mass is 570 g/mol. The SMILES string of the molecule is COCCOCC(=O)C(NC1CCN([C@H](C)CCNC(=O)c2c(C)cc(Cl)nc2Cl)CC1)c1ccsc1.